The number of hydrogen-bond donors (Lipinski definition) is 2. The molecular weight excluding hydrogens is 252 g/mol. The maximum absolute atomic E-state index is 5.85. The molecule has 2 aromatic rings. The molecular formula is C15H20N4O. The van der Waals surface area contributed by atoms with Crippen molar-refractivity contribution in [3.8, 4) is 5.75 Å². The maximum atomic E-state index is 5.85. The van der Waals surface area contributed by atoms with Crippen LogP contribution in [0, 0.1) is 5.92 Å². The highest BCUT2D eigenvalue weighted by molar-refractivity contribution is 5.35. The maximum Gasteiger partial charge on any atom is 0.122 e. The molecule has 0 fully saturated rings. The number of benzene rings is 1. The van der Waals surface area contributed by atoms with Crippen molar-refractivity contribution in [2.24, 2.45) is 18.8 Å². The summed E-state index contributed by atoms with van der Waals surface area (Å²) in [7, 11) is 1.92. The molecule has 0 radical (unpaired) electrons. The number of ether oxygens (including phenoxy) is 1. The van der Waals surface area contributed by atoms with Crippen molar-refractivity contribution in [3.05, 3.63) is 47.8 Å². The summed E-state index contributed by atoms with van der Waals surface area (Å²) in [6, 6.07) is 8.40. The summed E-state index contributed by atoms with van der Waals surface area (Å²) in [5.41, 5.74) is 5.39. The van der Waals surface area contributed by atoms with Crippen LogP contribution in [0.15, 0.2) is 36.7 Å². The number of nitrogens with zero attached hydrogens (tertiary/aromatic N) is 2. The zero-order valence-corrected chi connectivity index (χ0v) is 11.6. The Kier molecular flexibility index (Phi) is 3.71. The number of rotatable bonds is 4. The summed E-state index contributed by atoms with van der Waals surface area (Å²) in [6.45, 7) is 0.701. The monoisotopic (exact) mass is 272 g/mol. The molecule has 106 valence electrons. The van der Waals surface area contributed by atoms with Crippen LogP contribution in [0.25, 0.3) is 0 Å². The number of aromatic nitrogens is 2. The van der Waals surface area contributed by atoms with E-state index in [1.807, 2.05) is 36.3 Å². The molecule has 3 rings (SSSR count). The van der Waals surface area contributed by atoms with Gasteiger partial charge in [0, 0.05) is 25.2 Å². The third kappa shape index (κ3) is 2.69. The van der Waals surface area contributed by atoms with Crippen LogP contribution in [0.2, 0.25) is 0 Å². The van der Waals surface area contributed by atoms with E-state index in [4.69, 9.17) is 10.6 Å². The highest BCUT2D eigenvalue weighted by Gasteiger charge is 2.27. The predicted molar refractivity (Wildman–Crippen MR) is 77.2 cm³/mol. The van der Waals surface area contributed by atoms with Crippen molar-refractivity contribution in [1.29, 1.82) is 0 Å². The van der Waals surface area contributed by atoms with Gasteiger partial charge in [-0.15, -0.1) is 0 Å². The zero-order valence-electron chi connectivity index (χ0n) is 11.6. The first-order valence-electron chi connectivity index (χ1n) is 6.90. The molecule has 1 aromatic carbocycles. The molecule has 3 N–H and O–H groups in total. The van der Waals surface area contributed by atoms with E-state index < -0.39 is 0 Å². The fraction of sp³-hybridized carbons (Fsp3) is 0.400. The van der Waals surface area contributed by atoms with E-state index in [2.05, 4.69) is 22.7 Å². The third-order valence-electron chi connectivity index (χ3n) is 3.90. The second kappa shape index (κ2) is 5.64. The zero-order chi connectivity index (χ0) is 13.9. The standard InChI is InChI=1S/C15H20N4O/c1-19-9-11(8-17-19)6-14(18-16)13-7-12-4-2-3-5-15(12)20-10-13/h2-5,8-9,13-14,18H,6-7,10,16H2,1H3. The van der Waals surface area contributed by atoms with Crippen LogP contribution in [0.5, 0.6) is 5.75 Å². The molecule has 1 aliphatic rings. The highest BCUT2D eigenvalue weighted by Crippen LogP contribution is 2.28. The minimum atomic E-state index is 0.188. The van der Waals surface area contributed by atoms with Crippen LogP contribution in [0.4, 0.5) is 0 Å². The van der Waals surface area contributed by atoms with E-state index >= 15 is 0 Å². The second-order valence-electron chi connectivity index (χ2n) is 5.38. The molecule has 2 unspecified atom stereocenters. The number of para-hydroxylation sites is 1. The van der Waals surface area contributed by atoms with Crippen molar-refractivity contribution < 1.29 is 4.74 Å². The lowest BCUT2D eigenvalue weighted by Gasteiger charge is -2.31. The van der Waals surface area contributed by atoms with Crippen LogP contribution in [-0.2, 0) is 19.9 Å². The van der Waals surface area contributed by atoms with Gasteiger partial charge in [-0.1, -0.05) is 18.2 Å². The SMILES string of the molecule is Cn1cc(CC(NN)C2COc3ccccc3C2)cn1. The lowest BCUT2D eigenvalue weighted by Crippen LogP contribution is -2.46. The summed E-state index contributed by atoms with van der Waals surface area (Å²) in [4.78, 5) is 0. The minimum absolute atomic E-state index is 0.188. The molecule has 2 atom stereocenters. The van der Waals surface area contributed by atoms with Crippen LogP contribution in [-0.4, -0.2) is 22.4 Å². The fourth-order valence-corrected chi connectivity index (χ4v) is 2.80. The van der Waals surface area contributed by atoms with Crippen molar-refractivity contribution in [1.82, 2.24) is 15.2 Å². The number of nitrogens with two attached hydrogens (primary N) is 1. The van der Waals surface area contributed by atoms with Gasteiger partial charge in [-0.05, 0) is 30.0 Å². The van der Waals surface area contributed by atoms with Gasteiger partial charge < -0.3 is 4.74 Å². The van der Waals surface area contributed by atoms with Crippen molar-refractivity contribution in [3.63, 3.8) is 0 Å². The van der Waals surface area contributed by atoms with E-state index in [1.54, 1.807) is 0 Å². The van der Waals surface area contributed by atoms with Crippen LogP contribution < -0.4 is 16.0 Å². The number of aryl methyl sites for hydroxylation is 1. The molecule has 1 aromatic heterocycles. The molecule has 0 spiro atoms. The van der Waals surface area contributed by atoms with E-state index in [1.165, 1.54) is 11.1 Å². The number of hydrogen-bond acceptors (Lipinski definition) is 4. The van der Waals surface area contributed by atoms with Gasteiger partial charge in [0.1, 0.15) is 5.75 Å². The Hall–Kier alpha value is -1.85. The van der Waals surface area contributed by atoms with E-state index in [-0.39, 0.29) is 6.04 Å². The molecule has 1 aliphatic heterocycles. The summed E-state index contributed by atoms with van der Waals surface area (Å²) in [6.07, 6.45) is 5.77. The van der Waals surface area contributed by atoms with Crippen LogP contribution >= 0.6 is 0 Å². The molecule has 0 amide bonds. The Balaban J connectivity index is 1.71. The molecule has 0 saturated carbocycles. The Morgan fingerprint density at radius 3 is 3.10 bits per heavy atom. The lowest BCUT2D eigenvalue weighted by molar-refractivity contribution is 0.183. The summed E-state index contributed by atoms with van der Waals surface area (Å²) in [5.74, 6) is 7.12. The fourth-order valence-electron chi connectivity index (χ4n) is 2.80. The first-order valence-corrected chi connectivity index (χ1v) is 6.90. The van der Waals surface area contributed by atoms with E-state index in [0.717, 1.165) is 18.6 Å². The van der Waals surface area contributed by atoms with Gasteiger partial charge in [-0.2, -0.15) is 5.10 Å². The van der Waals surface area contributed by atoms with Gasteiger partial charge in [-0.25, -0.2) is 0 Å². The van der Waals surface area contributed by atoms with Gasteiger partial charge in [0.25, 0.3) is 0 Å². The van der Waals surface area contributed by atoms with E-state index in [0.29, 0.717) is 12.5 Å². The van der Waals surface area contributed by atoms with Crippen LogP contribution in [0.3, 0.4) is 0 Å². The third-order valence-corrected chi connectivity index (χ3v) is 3.90. The minimum Gasteiger partial charge on any atom is -0.493 e. The summed E-state index contributed by atoms with van der Waals surface area (Å²) < 4.78 is 7.66. The Bertz CT molecular complexity index is 581. The number of hydrazine groups is 1. The van der Waals surface area contributed by atoms with Crippen molar-refractivity contribution >= 4 is 0 Å². The van der Waals surface area contributed by atoms with Crippen molar-refractivity contribution in [2.45, 2.75) is 18.9 Å². The van der Waals surface area contributed by atoms with Crippen molar-refractivity contribution in [2.75, 3.05) is 6.61 Å². The smallest absolute Gasteiger partial charge is 0.122 e. The molecule has 0 aliphatic carbocycles. The summed E-state index contributed by atoms with van der Waals surface area (Å²) >= 11 is 0. The van der Waals surface area contributed by atoms with Gasteiger partial charge >= 0.3 is 0 Å². The topological polar surface area (TPSA) is 65.1 Å². The molecule has 0 saturated heterocycles. The molecule has 2 heterocycles. The number of nitrogens with one attached hydrogen (secondary N) is 1. The van der Waals surface area contributed by atoms with Gasteiger partial charge in [-0.3, -0.25) is 16.0 Å². The van der Waals surface area contributed by atoms with Gasteiger partial charge in [0.15, 0.2) is 0 Å². The quantitative estimate of drug-likeness (QED) is 0.645. The van der Waals surface area contributed by atoms with Crippen LogP contribution in [0.1, 0.15) is 11.1 Å². The number of fused-ring (bicyclic) bond motifs is 1. The summed E-state index contributed by atoms with van der Waals surface area (Å²) in [5, 5.41) is 4.20. The first-order chi connectivity index (χ1) is 9.76. The molecule has 5 heteroatoms. The van der Waals surface area contributed by atoms with E-state index in [9.17, 15) is 0 Å². The largest absolute Gasteiger partial charge is 0.493 e. The Morgan fingerprint density at radius 1 is 1.50 bits per heavy atom. The first kappa shape index (κ1) is 13.1. The van der Waals surface area contributed by atoms with Gasteiger partial charge in [0.05, 0.1) is 12.8 Å². The predicted octanol–water partition coefficient (Wildman–Crippen LogP) is 1.05. The molecule has 20 heavy (non-hydrogen) atoms. The Labute approximate surface area is 118 Å². The normalized spacial score (nSPS) is 19.2. The lowest BCUT2D eigenvalue weighted by atomic mass is 9.88. The van der Waals surface area contributed by atoms with Gasteiger partial charge in [0.2, 0.25) is 0 Å². The highest BCUT2D eigenvalue weighted by atomic mass is 16.5. The average molecular weight is 272 g/mol. The molecule has 0 bridgehead atoms. The Morgan fingerprint density at radius 2 is 2.35 bits per heavy atom. The average Bonchev–Trinajstić information content (AvgIpc) is 2.89. The second-order valence-corrected chi connectivity index (χ2v) is 5.38. The molecule has 5 nitrogen and oxygen atoms in total.